The van der Waals surface area contributed by atoms with Gasteiger partial charge in [-0.05, 0) is 12.8 Å². The van der Waals surface area contributed by atoms with Crippen LogP contribution in [0.1, 0.15) is 46.0 Å². The Morgan fingerprint density at radius 1 is 0.952 bits per heavy atom. The monoisotopic (exact) mass is 455 g/mol. The number of carboxylic acids is 3. The van der Waals surface area contributed by atoms with Gasteiger partial charge in [0, 0.05) is 25.0 Å². The minimum absolute atomic E-state index is 0. The Balaban J connectivity index is -0.000000156. The summed E-state index contributed by atoms with van der Waals surface area (Å²) in [7, 11) is 0. The van der Waals surface area contributed by atoms with E-state index in [4.69, 9.17) is 4.74 Å². The second-order valence-electron chi connectivity index (χ2n) is 3.73. The molecule has 0 saturated heterocycles. The Kier molecular flexibility index (Phi) is 28.0. The molecule has 0 aromatic carbocycles. The first-order chi connectivity index (χ1) is 8.84. The largest absolute Gasteiger partial charge is 4.00 e. The van der Waals surface area contributed by atoms with Crippen LogP contribution in [0.2, 0.25) is 0 Å². The SMILES string of the molecule is CCCC(=O)[O-].CCCCOC(CC(=O)[O-])C(=O)[O-].[Zr+4].[Zr+4]. The van der Waals surface area contributed by atoms with Gasteiger partial charge in [0.2, 0.25) is 0 Å². The van der Waals surface area contributed by atoms with E-state index in [0.717, 1.165) is 6.42 Å². The van der Waals surface area contributed by atoms with Crippen molar-refractivity contribution in [2.45, 2.75) is 52.1 Å². The molecule has 0 aromatic heterocycles. The maximum atomic E-state index is 10.3. The second-order valence-corrected chi connectivity index (χ2v) is 3.73. The third-order valence-electron chi connectivity index (χ3n) is 1.89. The average Bonchev–Trinajstić information content (AvgIpc) is 2.28. The first-order valence-electron chi connectivity index (χ1n) is 6.07. The van der Waals surface area contributed by atoms with Crippen LogP contribution in [0.15, 0.2) is 0 Å². The number of aliphatic carboxylic acids is 3. The molecule has 0 N–H and O–H groups in total. The van der Waals surface area contributed by atoms with Crippen LogP contribution >= 0.6 is 0 Å². The molecule has 7 nitrogen and oxygen atoms in total. The molecule has 0 aliphatic rings. The standard InChI is InChI=1S/C8H14O5.C4H8O2.2Zr/c1-2-3-4-13-6(8(11)12)5-7(9)10;1-2-3-4(5)6;;/h6H,2-5H2,1H3,(H,9,10)(H,11,12);2-3H2,1H3,(H,5,6);;/q;;2*+4/p-3. The summed E-state index contributed by atoms with van der Waals surface area (Å²) in [5.74, 6) is -3.93. The number of carbonyl (C=O) groups is 3. The summed E-state index contributed by atoms with van der Waals surface area (Å²) in [6.45, 7) is 3.94. The minimum Gasteiger partial charge on any atom is -0.550 e. The van der Waals surface area contributed by atoms with Crippen LogP contribution in [0.25, 0.3) is 0 Å². The van der Waals surface area contributed by atoms with Gasteiger partial charge in [-0.1, -0.05) is 26.7 Å². The summed E-state index contributed by atoms with van der Waals surface area (Å²) in [6.07, 6.45) is 0.340. The average molecular weight is 458 g/mol. The van der Waals surface area contributed by atoms with E-state index in [2.05, 4.69) is 0 Å². The van der Waals surface area contributed by atoms with Crippen molar-refractivity contribution < 1.29 is 86.8 Å². The quantitative estimate of drug-likeness (QED) is 0.353. The van der Waals surface area contributed by atoms with Gasteiger partial charge in [-0.25, -0.2) is 0 Å². The number of rotatable bonds is 9. The molecular weight excluding hydrogens is 439 g/mol. The third-order valence-corrected chi connectivity index (χ3v) is 1.89. The minimum atomic E-state index is -1.51. The van der Waals surface area contributed by atoms with Crippen LogP contribution in [0.4, 0.5) is 0 Å². The van der Waals surface area contributed by atoms with Crippen molar-refractivity contribution in [3.05, 3.63) is 0 Å². The van der Waals surface area contributed by atoms with Crippen molar-refractivity contribution in [1.82, 2.24) is 0 Å². The van der Waals surface area contributed by atoms with Crippen molar-refractivity contribution in [2.75, 3.05) is 6.61 Å². The van der Waals surface area contributed by atoms with Crippen molar-refractivity contribution in [3.63, 3.8) is 0 Å². The zero-order chi connectivity index (χ0) is 15.3. The number of unbranched alkanes of at least 4 members (excludes halogenated alkanes) is 1. The predicted octanol–water partition coefficient (Wildman–Crippen LogP) is -2.41. The number of hydrogen-bond donors (Lipinski definition) is 0. The smallest absolute Gasteiger partial charge is 0.550 e. The summed E-state index contributed by atoms with van der Waals surface area (Å²) >= 11 is 0. The topological polar surface area (TPSA) is 130 Å². The molecule has 0 bridgehead atoms. The molecule has 0 rings (SSSR count). The molecule has 0 saturated carbocycles. The Hall–Kier alpha value is 0.136. The van der Waals surface area contributed by atoms with Crippen LogP contribution < -0.4 is 15.3 Å². The summed E-state index contributed by atoms with van der Waals surface area (Å²) in [4.78, 5) is 29.9. The third kappa shape index (κ3) is 25.4. The van der Waals surface area contributed by atoms with Crippen molar-refractivity contribution in [1.29, 1.82) is 0 Å². The van der Waals surface area contributed by atoms with Gasteiger partial charge in [0.25, 0.3) is 0 Å². The molecule has 0 spiro atoms. The van der Waals surface area contributed by atoms with Gasteiger partial charge in [-0.3, -0.25) is 0 Å². The molecular formula is C12H19O7Zr2+5. The molecule has 1 unspecified atom stereocenters. The van der Waals surface area contributed by atoms with E-state index in [1.54, 1.807) is 6.92 Å². The van der Waals surface area contributed by atoms with Gasteiger partial charge in [-0.15, -0.1) is 0 Å². The maximum absolute atomic E-state index is 10.3. The van der Waals surface area contributed by atoms with Crippen molar-refractivity contribution >= 4 is 17.9 Å². The fourth-order valence-corrected chi connectivity index (χ4v) is 0.936. The van der Waals surface area contributed by atoms with E-state index in [0.29, 0.717) is 12.8 Å². The summed E-state index contributed by atoms with van der Waals surface area (Å²) in [6, 6.07) is 0. The van der Waals surface area contributed by atoms with Gasteiger partial charge in [0.15, 0.2) is 0 Å². The van der Waals surface area contributed by atoms with Crippen molar-refractivity contribution in [2.24, 2.45) is 0 Å². The molecule has 0 radical (unpaired) electrons. The van der Waals surface area contributed by atoms with Gasteiger partial charge in [0.1, 0.15) is 6.10 Å². The molecule has 21 heavy (non-hydrogen) atoms. The predicted molar refractivity (Wildman–Crippen MR) is 59.2 cm³/mol. The normalized spacial score (nSPS) is 10.0. The fourth-order valence-electron chi connectivity index (χ4n) is 0.936. The molecule has 1 atom stereocenters. The summed E-state index contributed by atoms with van der Waals surface area (Å²) in [5.41, 5.74) is 0. The zero-order valence-corrected chi connectivity index (χ0v) is 17.1. The summed E-state index contributed by atoms with van der Waals surface area (Å²) < 4.78 is 4.77. The Labute approximate surface area is 162 Å². The molecule has 0 fully saturated rings. The Morgan fingerprint density at radius 2 is 1.48 bits per heavy atom. The van der Waals surface area contributed by atoms with Gasteiger partial charge >= 0.3 is 52.4 Å². The van der Waals surface area contributed by atoms with E-state index < -0.39 is 30.4 Å². The van der Waals surface area contributed by atoms with Gasteiger partial charge in [0.05, 0.1) is 5.97 Å². The molecule has 0 aliphatic carbocycles. The molecule has 0 heterocycles. The van der Waals surface area contributed by atoms with E-state index in [9.17, 15) is 29.7 Å². The van der Waals surface area contributed by atoms with Crippen LogP contribution in [-0.2, 0) is 71.5 Å². The molecule has 9 heteroatoms. The van der Waals surface area contributed by atoms with Gasteiger partial charge < -0.3 is 34.4 Å². The molecule has 0 aromatic rings. The van der Waals surface area contributed by atoms with E-state index in [1.807, 2.05) is 6.92 Å². The van der Waals surface area contributed by atoms with E-state index in [-0.39, 0.29) is 65.4 Å². The van der Waals surface area contributed by atoms with Crippen LogP contribution in [0, 0.1) is 0 Å². The fraction of sp³-hybridized carbons (Fsp3) is 0.750. The molecule has 112 valence electrons. The van der Waals surface area contributed by atoms with Crippen LogP contribution in [0.3, 0.4) is 0 Å². The second kappa shape index (κ2) is 20.1. The Morgan fingerprint density at radius 3 is 1.71 bits per heavy atom. The summed E-state index contributed by atoms with van der Waals surface area (Å²) in [5, 5.41) is 29.9. The maximum Gasteiger partial charge on any atom is 4.00 e. The zero-order valence-electron chi connectivity index (χ0n) is 12.2. The Bertz CT molecular complexity index is 285. The number of carbonyl (C=O) groups excluding carboxylic acids is 3. The molecule has 0 aliphatic heterocycles. The molecule has 0 amide bonds. The van der Waals surface area contributed by atoms with Crippen molar-refractivity contribution in [3.8, 4) is 0 Å². The van der Waals surface area contributed by atoms with Gasteiger partial charge in [-0.2, -0.15) is 0 Å². The number of hydrogen-bond acceptors (Lipinski definition) is 7. The van der Waals surface area contributed by atoms with Crippen LogP contribution in [0.5, 0.6) is 0 Å². The van der Waals surface area contributed by atoms with E-state index >= 15 is 0 Å². The van der Waals surface area contributed by atoms with E-state index in [1.165, 1.54) is 0 Å². The first kappa shape index (κ1) is 29.2. The number of ether oxygens (including phenoxy) is 1. The number of carboxylic acid groups (broad SMARTS) is 3. The van der Waals surface area contributed by atoms with Crippen LogP contribution in [-0.4, -0.2) is 30.6 Å². The first-order valence-corrected chi connectivity index (χ1v) is 6.07.